The summed E-state index contributed by atoms with van der Waals surface area (Å²) in [5.41, 5.74) is 1.04. The highest BCUT2D eigenvalue weighted by atomic mass is 31.2. The molecule has 0 radical (unpaired) electrons. The molecule has 1 heterocycles. The van der Waals surface area contributed by atoms with Crippen molar-refractivity contribution in [2.45, 2.75) is 32.9 Å². The first-order valence-corrected chi connectivity index (χ1v) is 10.2. The van der Waals surface area contributed by atoms with Gasteiger partial charge in [0.25, 0.3) is 0 Å². The smallest absolute Gasteiger partial charge is 0.200 e. The van der Waals surface area contributed by atoms with Crippen LogP contribution in [0.3, 0.4) is 0 Å². The number of hydrogen-bond acceptors (Lipinski definition) is 5. The van der Waals surface area contributed by atoms with Gasteiger partial charge in [0.2, 0.25) is 0 Å². The monoisotopic (exact) mass is 336 g/mol. The van der Waals surface area contributed by atoms with Crippen LogP contribution < -0.4 is 5.32 Å². The van der Waals surface area contributed by atoms with Gasteiger partial charge in [-0.3, -0.25) is 9.13 Å². The van der Waals surface area contributed by atoms with Crippen molar-refractivity contribution in [3.63, 3.8) is 0 Å². The lowest BCUT2D eigenvalue weighted by molar-refractivity contribution is 0.334. The second kappa shape index (κ2) is 8.39. The molecule has 6 nitrogen and oxygen atoms in total. The first-order valence-electron chi connectivity index (χ1n) is 7.90. The van der Waals surface area contributed by atoms with Crippen LogP contribution in [0.25, 0.3) is 5.69 Å². The molecule has 126 valence electrons. The van der Waals surface area contributed by atoms with Gasteiger partial charge in [-0.1, -0.05) is 18.2 Å². The summed E-state index contributed by atoms with van der Waals surface area (Å²) in [5.74, 6) is 0.854. The normalized spacial score (nSPS) is 15.3. The summed E-state index contributed by atoms with van der Waals surface area (Å²) in [6.45, 7) is 6.76. The van der Waals surface area contributed by atoms with E-state index in [0.717, 1.165) is 17.9 Å². The van der Waals surface area contributed by atoms with Crippen LogP contribution in [0.4, 0.5) is 0 Å². The second-order valence-electron chi connectivity index (χ2n) is 5.68. The summed E-state index contributed by atoms with van der Waals surface area (Å²) < 4.78 is 19.4. The average molecular weight is 336 g/mol. The zero-order chi connectivity index (χ0) is 16.7. The van der Waals surface area contributed by atoms with Gasteiger partial charge < -0.3 is 9.84 Å². The predicted octanol–water partition coefficient (Wildman–Crippen LogP) is 3.08. The number of nitrogens with zero attached hydrogens (tertiary/aromatic N) is 3. The van der Waals surface area contributed by atoms with E-state index >= 15 is 0 Å². The zero-order valence-corrected chi connectivity index (χ0v) is 14.9. The average Bonchev–Trinajstić information content (AvgIpc) is 3.00. The molecule has 7 heteroatoms. The third kappa shape index (κ3) is 5.57. The van der Waals surface area contributed by atoms with Crippen LogP contribution >= 0.6 is 7.37 Å². The summed E-state index contributed by atoms with van der Waals surface area (Å²) in [5, 5.41) is 11.6. The van der Waals surface area contributed by atoms with Crippen molar-refractivity contribution >= 4 is 7.37 Å². The van der Waals surface area contributed by atoms with E-state index in [1.165, 1.54) is 0 Å². The molecule has 0 aliphatic heterocycles. The molecular formula is C16H25N4O2P. The second-order valence-corrected chi connectivity index (χ2v) is 8.41. The molecule has 0 saturated carbocycles. The quantitative estimate of drug-likeness (QED) is 0.713. The van der Waals surface area contributed by atoms with Gasteiger partial charge in [-0.15, -0.1) is 10.2 Å². The minimum Gasteiger partial charge on any atom is -0.329 e. The molecule has 1 aromatic carbocycles. The lowest BCUT2D eigenvalue weighted by Crippen LogP contribution is -2.27. The first-order chi connectivity index (χ1) is 11.0. The van der Waals surface area contributed by atoms with Crippen LogP contribution in [-0.4, -0.2) is 40.2 Å². The molecule has 23 heavy (non-hydrogen) atoms. The van der Waals surface area contributed by atoms with E-state index in [-0.39, 0.29) is 6.04 Å². The Balaban J connectivity index is 1.87. The maximum Gasteiger partial charge on any atom is 0.200 e. The van der Waals surface area contributed by atoms with Gasteiger partial charge in [0, 0.05) is 24.6 Å². The zero-order valence-electron chi connectivity index (χ0n) is 14.0. The molecule has 2 aromatic rings. The van der Waals surface area contributed by atoms with Crippen LogP contribution in [-0.2, 0) is 15.6 Å². The van der Waals surface area contributed by atoms with Gasteiger partial charge in [-0.25, -0.2) is 0 Å². The molecule has 0 saturated heterocycles. The van der Waals surface area contributed by atoms with Gasteiger partial charge in [0.1, 0.15) is 6.33 Å². The Morgan fingerprint density at radius 2 is 2.09 bits per heavy atom. The molecule has 0 fully saturated rings. The Kier molecular flexibility index (Phi) is 6.51. The standard InChI is InChI=1S/C16H25N4O2P/c1-4-22-23(3,21)11-10-14(2)17-12-16-19-18-13-20(16)15-8-6-5-7-9-15/h5-9,13-14,17H,4,10-12H2,1-3H3/t14-,23-/m1/s1. The van der Waals surface area contributed by atoms with Crippen molar-refractivity contribution in [1.29, 1.82) is 0 Å². The molecule has 0 aliphatic carbocycles. The fourth-order valence-electron chi connectivity index (χ4n) is 2.32. The van der Waals surface area contributed by atoms with E-state index < -0.39 is 7.37 Å². The van der Waals surface area contributed by atoms with Crippen molar-refractivity contribution < 1.29 is 9.09 Å². The maximum atomic E-state index is 12.1. The molecule has 2 rings (SSSR count). The third-order valence-corrected chi connectivity index (χ3v) is 5.51. The lowest BCUT2D eigenvalue weighted by Gasteiger charge is -2.17. The summed E-state index contributed by atoms with van der Waals surface area (Å²) in [4.78, 5) is 0. The van der Waals surface area contributed by atoms with E-state index in [2.05, 4.69) is 22.4 Å². The maximum absolute atomic E-state index is 12.1. The number of nitrogens with one attached hydrogen (secondary N) is 1. The molecule has 0 bridgehead atoms. The van der Waals surface area contributed by atoms with Crippen LogP contribution in [0.2, 0.25) is 0 Å². The minimum atomic E-state index is -2.46. The largest absolute Gasteiger partial charge is 0.329 e. The highest BCUT2D eigenvalue weighted by molar-refractivity contribution is 7.58. The Bertz CT molecular complexity index is 645. The first kappa shape index (κ1) is 17.9. The molecule has 1 aromatic heterocycles. The van der Waals surface area contributed by atoms with E-state index in [0.29, 0.717) is 19.3 Å². The Hall–Kier alpha value is -1.49. The number of benzene rings is 1. The topological polar surface area (TPSA) is 69.0 Å². The van der Waals surface area contributed by atoms with Gasteiger partial charge in [0.05, 0.1) is 13.2 Å². The summed E-state index contributed by atoms with van der Waals surface area (Å²) in [6, 6.07) is 10.2. The molecule has 0 spiro atoms. The Morgan fingerprint density at radius 3 is 2.78 bits per heavy atom. The highest BCUT2D eigenvalue weighted by Gasteiger charge is 2.17. The van der Waals surface area contributed by atoms with Gasteiger partial charge in [-0.2, -0.15) is 0 Å². The summed E-state index contributed by atoms with van der Waals surface area (Å²) in [7, 11) is -2.46. The fourth-order valence-corrected chi connectivity index (χ4v) is 3.85. The van der Waals surface area contributed by atoms with Crippen molar-refractivity contribution in [3.05, 3.63) is 42.5 Å². The number of hydrogen-bond donors (Lipinski definition) is 1. The predicted molar refractivity (Wildman–Crippen MR) is 92.3 cm³/mol. The van der Waals surface area contributed by atoms with Crippen molar-refractivity contribution in [2.75, 3.05) is 19.4 Å². The fraction of sp³-hybridized carbons (Fsp3) is 0.500. The van der Waals surface area contributed by atoms with Crippen LogP contribution in [0.15, 0.2) is 36.7 Å². The van der Waals surface area contributed by atoms with E-state index in [4.69, 9.17) is 4.52 Å². The van der Waals surface area contributed by atoms with E-state index in [1.54, 1.807) is 13.0 Å². The molecule has 2 atom stereocenters. The van der Waals surface area contributed by atoms with Gasteiger partial charge in [-0.05, 0) is 32.4 Å². The van der Waals surface area contributed by atoms with Crippen molar-refractivity contribution in [1.82, 2.24) is 20.1 Å². The van der Waals surface area contributed by atoms with Crippen molar-refractivity contribution in [2.24, 2.45) is 0 Å². The third-order valence-electron chi connectivity index (χ3n) is 3.63. The summed E-state index contributed by atoms with van der Waals surface area (Å²) in [6.07, 6.45) is 3.10. The highest BCUT2D eigenvalue weighted by Crippen LogP contribution is 2.42. The van der Waals surface area contributed by atoms with Gasteiger partial charge in [0.15, 0.2) is 13.2 Å². The molecular weight excluding hydrogens is 311 g/mol. The molecule has 1 N–H and O–H groups in total. The number of aromatic nitrogens is 3. The SMILES string of the molecule is CCO[P@@](C)(=O)CC[C@@H](C)NCc1nncn1-c1ccccc1. The van der Waals surface area contributed by atoms with E-state index in [9.17, 15) is 4.57 Å². The number of para-hydroxylation sites is 1. The summed E-state index contributed by atoms with van der Waals surface area (Å²) >= 11 is 0. The van der Waals surface area contributed by atoms with Crippen LogP contribution in [0, 0.1) is 0 Å². The molecule has 0 unspecified atom stereocenters. The van der Waals surface area contributed by atoms with Crippen LogP contribution in [0.1, 0.15) is 26.1 Å². The molecule has 0 amide bonds. The number of rotatable bonds is 9. The van der Waals surface area contributed by atoms with E-state index in [1.807, 2.05) is 41.8 Å². The minimum absolute atomic E-state index is 0.227. The van der Waals surface area contributed by atoms with Gasteiger partial charge >= 0.3 is 0 Å². The Labute approximate surface area is 137 Å². The molecule has 0 aliphatic rings. The lowest BCUT2D eigenvalue weighted by atomic mass is 10.2. The van der Waals surface area contributed by atoms with Crippen molar-refractivity contribution in [3.8, 4) is 5.69 Å². The van der Waals surface area contributed by atoms with Crippen LogP contribution in [0.5, 0.6) is 0 Å². The Morgan fingerprint density at radius 1 is 1.35 bits per heavy atom.